The SMILES string of the molecule is CCCC1(C(=O)O)CCN(Cc2cncn2CC)CC1. The molecule has 0 unspecified atom stereocenters. The van der Waals surface area contributed by atoms with E-state index in [9.17, 15) is 9.90 Å². The second-order valence-corrected chi connectivity index (χ2v) is 5.78. The highest BCUT2D eigenvalue weighted by Gasteiger charge is 2.40. The largest absolute Gasteiger partial charge is 0.481 e. The Morgan fingerprint density at radius 3 is 2.65 bits per heavy atom. The van der Waals surface area contributed by atoms with Gasteiger partial charge in [0, 0.05) is 19.3 Å². The summed E-state index contributed by atoms with van der Waals surface area (Å²) in [5, 5.41) is 9.51. The van der Waals surface area contributed by atoms with Gasteiger partial charge in [0.05, 0.1) is 17.4 Å². The molecule has 2 rings (SSSR count). The van der Waals surface area contributed by atoms with Gasteiger partial charge >= 0.3 is 5.97 Å². The Morgan fingerprint density at radius 1 is 1.40 bits per heavy atom. The molecular formula is C15H25N3O2. The van der Waals surface area contributed by atoms with Crippen LogP contribution in [-0.2, 0) is 17.9 Å². The van der Waals surface area contributed by atoms with Gasteiger partial charge in [0.1, 0.15) is 0 Å². The van der Waals surface area contributed by atoms with Gasteiger partial charge in [-0.15, -0.1) is 0 Å². The summed E-state index contributed by atoms with van der Waals surface area (Å²) < 4.78 is 2.14. The predicted octanol–water partition coefficient (Wildman–Crippen LogP) is 2.37. The first-order chi connectivity index (χ1) is 9.61. The molecule has 1 aliphatic rings. The van der Waals surface area contributed by atoms with E-state index in [1.165, 1.54) is 5.69 Å². The molecule has 5 nitrogen and oxygen atoms in total. The van der Waals surface area contributed by atoms with Crippen molar-refractivity contribution in [2.75, 3.05) is 13.1 Å². The molecule has 1 aromatic rings. The average molecular weight is 279 g/mol. The van der Waals surface area contributed by atoms with E-state index in [-0.39, 0.29) is 0 Å². The molecule has 0 bridgehead atoms. The topological polar surface area (TPSA) is 58.4 Å². The van der Waals surface area contributed by atoms with Crippen molar-refractivity contribution in [3.05, 3.63) is 18.2 Å². The van der Waals surface area contributed by atoms with E-state index in [1.807, 2.05) is 12.5 Å². The number of hydrogen-bond donors (Lipinski definition) is 1. The molecule has 5 heteroatoms. The van der Waals surface area contributed by atoms with E-state index < -0.39 is 11.4 Å². The zero-order valence-corrected chi connectivity index (χ0v) is 12.5. The van der Waals surface area contributed by atoms with Crippen LogP contribution in [0, 0.1) is 5.41 Å². The number of carbonyl (C=O) groups is 1. The molecule has 2 heterocycles. The first-order valence-corrected chi connectivity index (χ1v) is 7.56. The fourth-order valence-electron chi connectivity index (χ4n) is 3.18. The Balaban J connectivity index is 1.95. The Kier molecular flexibility index (Phi) is 4.81. The van der Waals surface area contributed by atoms with Crippen LogP contribution < -0.4 is 0 Å². The first kappa shape index (κ1) is 15.0. The van der Waals surface area contributed by atoms with Crippen molar-refractivity contribution < 1.29 is 9.90 Å². The van der Waals surface area contributed by atoms with Gasteiger partial charge in [-0.3, -0.25) is 9.69 Å². The maximum Gasteiger partial charge on any atom is 0.309 e. The third-order valence-electron chi connectivity index (χ3n) is 4.52. The predicted molar refractivity (Wildman–Crippen MR) is 77.4 cm³/mol. The van der Waals surface area contributed by atoms with E-state index in [2.05, 4.69) is 28.3 Å². The summed E-state index contributed by atoms with van der Waals surface area (Å²) in [5.74, 6) is -0.613. The minimum Gasteiger partial charge on any atom is -0.481 e. The first-order valence-electron chi connectivity index (χ1n) is 7.56. The summed E-state index contributed by atoms with van der Waals surface area (Å²) in [5.41, 5.74) is 0.724. The number of aliphatic carboxylic acids is 1. The van der Waals surface area contributed by atoms with Crippen LogP contribution in [0.4, 0.5) is 0 Å². The Labute approximate surface area is 120 Å². The molecule has 1 saturated heterocycles. The molecule has 0 spiro atoms. The van der Waals surface area contributed by atoms with Crippen molar-refractivity contribution in [3.8, 4) is 0 Å². The van der Waals surface area contributed by atoms with Crippen molar-refractivity contribution in [1.29, 1.82) is 0 Å². The highest BCUT2D eigenvalue weighted by molar-refractivity contribution is 5.74. The maximum atomic E-state index is 11.6. The number of likely N-dealkylation sites (tertiary alicyclic amines) is 1. The number of piperidine rings is 1. The molecule has 1 N–H and O–H groups in total. The number of imidazole rings is 1. The van der Waals surface area contributed by atoms with E-state index in [4.69, 9.17) is 0 Å². The smallest absolute Gasteiger partial charge is 0.309 e. The summed E-state index contributed by atoms with van der Waals surface area (Å²) in [6.45, 7) is 7.70. The fourth-order valence-corrected chi connectivity index (χ4v) is 3.18. The number of rotatable bonds is 6. The second kappa shape index (κ2) is 6.39. The van der Waals surface area contributed by atoms with Gasteiger partial charge in [0.2, 0.25) is 0 Å². The lowest BCUT2D eigenvalue weighted by Gasteiger charge is -2.38. The van der Waals surface area contributed by atoms with E-state index in [1.54, 1.807) is 0 Å². The van der Waals surface area contributed by atoms with Gasteiger partial charge in [-0.25, -0.2) is 4.98 Å². The molecule has 1 fully saturated rings. The van der Waals surface area contributed by atoms with Crippen LogP contribution >= 0.6 is 0 Å². The number of aromatic nitrogens is 2. The molecule has 112 valence electrons. The Bertz CT molecular complexity index is 448. The minimum atomic E-state index is -0.613. The average Bonchev–Trinajstić information content (AvgIpc) is 2.88. The third-order valence-corrected chi connectivity index (χ3v) is 4.52. The van der Waals surface area contributed by atoms with Gasteiger partial charge in [-0.1, -0.05) is 13.3 Å². The van der Waals surface area contributed by atoms with Gasteiger partial charge < -0.3 is 9.67 Å². The summed E-state index contributed by atoms with van der Waals surface area (Å²) >= 11 is 0. The molecule has 1 aromatic heterocycles. The number of carboxylic acid groups (broad SMARTS) is 1. The number of aryl methyl sites for hydroxylation is 1. The lowest BCUT2D eigenvalue weighted by atomic mass is 9.75. The minimum absolute atomic E-state index is 0.490. The van der Waals surface area contributed by atoms with Crippen LogP contribution in [0.3, 0.4) is 0 Å². The molecule has 0 aliphatic carbocycles. The van der Waals surface area contributed by atoms with Crippen molar-refractivity contribution in [2.24, 2.45) is 5.41 Å². The molecule has 0 saturated carbocycles. The highest BCUT2D eigenvalue weighted by Crippen LogP contribution is 2.36. The number of hydrogen-bond acceptors (Lipinski definition) is 3. The lowest BCUT2D eigenvalue weighted by Crippen LogP contribution is -2.44. The van der Waals surface area contributed by atoms with Crippen LogP contribution in [0.15, 0.2) is 12.5 Å². The summed E-state index contributed by atoms with van der Waals surface area (Å²) in [6.07, 6.45) is 7.03. The van der Waals surface area contributed by atoms with E-state index >= 15 is 0 Å². The third kappa shape index (κ3) is 3.03. The normalized spacial score (nSPS) is 19.1. The van der Waals surface area contributed by atoms with Crippen molar-refractivity contribution in [1.82, 2.24) is 14.5 Å². The van der Waals surface area contributed by atoms with Gasteiger partial charge in [-0.05, 0) is 39.3 Å². The zero-order valence-electron chi connectivity index (χ0n) is 12.5. The number of nitrogens with zero attached hydrogens (tertiary/aromatic N) is 3. The zero-order chi connectivity index (χ0) is 14.6. The summed E-state index contributed by atoms with van der Waals surface area (Å²) in [6, 6.07) is 0. The van der Waals surface area contributed by atoms with E-state index in [0.29, 0.717) is 0 Å². The monoisotopic (exact) mass is 279 g/mol. The fraction of sp³-hybridized carbons (Fsp3) is 0.733. The Morgan fingerprint density at radius 2 is 2.10 bits per heavy atom. The van der Waals surface area contributed by atoms with Crippen molar-refractivity contribution in [3.63, 3.8) is 0 Å². The van der Waals surface area contributed by atoms with Crippen LogP contribution in [0.1, 0.15) is 45.2 Å². The highest BCUT2D eigenvalue weighted by atomic mass is 16.4. The van der Waals surface area contributed by atoms with Gasteiger partial charge in [-0.2, -0.15) is 0 Å². The van der Waals surface area contributed by atoms with Crippen molar-refractivity contribution in [2.45, 2.75) is 52.6 Å². The van der Waals surface area contributed by atoms with E-state index in [0.717, 1.165) is 51.9 Å². The molecular weight excluding hydrogens is 254 g/mol. The summed E-state index contributed by atoms with van der Waals surface area (Å²) in [4.78, 5) is 18.1. The second-order valence-electron chi connectivity index (χ2n) is 5.78. The van der Waals surface area contributed by atoms with Crippen LogP contribution in [-0.4, -0.2) is 38.6 Å². The summed E-state index contributed by atoms with van der Waals surface area (Å²) in [7, 11) is 0. The lowest BCUT2D eigenvalue weighted by molar-refractivity contribution is -0.152. The van der Waals surface area contributed by atoms with Crippen molar-refractivity contribution >= 4 is 5.97 Å². The quantitative estimate of drug-likeness (QED) is 0.868. The van der Waals surface area contributed by atoms with Crippen LogP contribution in [0.25, 0.3) is 0 Å². The van der Waals surface area contributed by atoms with Crippen LogP contribution in [0.5, 0.6) is 0 Å². The Hall–Kier alpha value is -1.36. The maximum absolute atomic E-state index is 11.6. The van der Waals surface area contributed by atoms with Gasteiger partial charge in [0.15, 0.2) is 0 Å². The molecule has 0 amide bonds. The van der Waals surface area contributed by atoms with Gasteiger partial charge in [0.25, 0.3) is 0 Å². The molecule has 0 aromatic carbocycles. The molecule has 20 heavy (non-hydrogen) atoms. The standard InChI is InChI=1S/C15H25N3O2/c1-3-5-15(14(19)20)6-8-17(9-7-15)11-13-10-16-12-18(13)4-2/h10,12H,3-9,11H2,1-2H3,(H,19,20). The van der Waals surface area contributed by atoms with Crippen LogP contribution in [0.2, 0.25) is 0 Å². The molecule has 0 atom stereocenters. The number of carboxylic acids is 1. The molecule has 0 radical (unpaired) electrons. The molecule has 1 aliphatic heterocycles.